The Labute approximate surface area is 81.0 Å². The van der Waals surface area contributed by atoms with Crippen LogP contribution >= 0.6 is 10.6 Å². The number of hydrogen-bond acceptors (Lipinski definition) is 3. The SMILES string of the molecule is O=S1OS2(\C=C/C=C\C=C/C=C\2)O1. The van der Waals surface area contributed by atoms with Gasteiger partial charge in [-0.25, -0.2) is 0 Å². The smallest absolute Gasteiger partial charge is 0.194 e. The monoisotopic (exact) mass is 216 g/mol. The van der Waals surface area contributed by atoms with Crippen LogP contribution in [0.5, 0.6) is 0 Å². The molecular weight excluding hydrogens is 208 g/mol. The lowest BCUT2D eigenvalue weighted by atomic mass is 10.4. The minimum absolute atomic E-state index is 1.56. The number of allylic oxidation sites excluding steroid dienone is 6. The molecule has 0 unspecified atom stereocenters. The zero-order valence-electron chi connectivity index (χ0n) is 6.66. The van der Waals surface area contributed by atoms with Crippen molar-refractivity contribution in [2.45, 2.75) is 0 Å². The van der Waals surface area contributed by atoms with E-state index in [1.54, 1.807) is 10.8 Å². The Morgan fingerprint density at radius 3 is 1.77 bits per heavy atom. The molecule has 0 amide bonds. The molecule has 0 aliphatic carbocycles. The topological polar surface area (TPSA) is 35.5 Å². The molecule has 1 fully saturated rings. The van der Waals surface area contributed by atoms with Gasteiger partial charge in [0, 0.05) is 10.8 Å². The van der Waals surface area contributed by atoms with Gasteiger partial charge in [-0.05, 0) is 12.2 Å². The van der Waals surface area contributed by atoms with Gasteiger partial charge in [-0.3, -0.25) is 0 Å². The van der Waals surface area contributed by atoms with Crippen molar-refractivity contribution in [2.24, 2.45) is 0 Å². The van der Waals surface area contributed by atoms with Gasteiger partial charge in [-0.15, -0.1) is 17.8 Å². The summed E-state index contributed by atoms with van der Waals surface area (Å²) in [4.78, 5) is 0. The van der Waals surface area contributed by atoms with Crippen molar-refractivity contribution in [1.82, 2.24) is 0 Å². The highest BCUT2D eigenvalue weighted by atomic mass is 32.4. The maximum absolute atomic E-state index is 10.6. The summed E-state index contributed by atoms with van der Waals surface area (Å²) >= 11 is -1.56. The van der Waals surface area contributed by atoms with Crippen molar-refractivity contribution in [1.29, 1.82) is 0 Å². The molecule has 0 radical (unpaired) electrons. The van der Waals surface area contributed by atoms with Crippen LogP contribution in [-0.4, -0.2) is 4.21 Å². The molecule has 1 saturated heterocycles. The number of rotatable bonds is 0. The molecule has 0 saturated carbocycles. The lowest BCUT2D eigenvalue weighted by Gasteiger charge is -2.40. The summed E-state index contributed by atoms with van der Waals surface area (Å²) in [6.07, 6.45) is 11.2. The van der Waals surface area contributed by atoms with Crippen molar-refractivity contribution in [3.8, 4) is 0 Å². The van der Waals surface area contributed by atoms with Crippen LogP contribution in [-0.2, 0) is 18.6 Å². The lowest BCUT2D eigenvalue weighted by molar-refractivity contribution is 0.419. The fraction of sp³-hybridized carbons (Fsp3) is 0. The third kappa shape index (κ3) is 2.00. The van der Waals surface area contributed by atoms with Crippen LogP contribution in [0.2, 0.25) is 0 Å². The summed E-state index contributed by atoms with van der Waals surface area (Å²) in [7, 11) is -1.79. The largest absolute Gasteiger partial charge is 0.346 e. The van der Waals surface area contributed by atoms with Gasteiger partial charge in [0.15, 0.2) is 0 Å². The van der Waals surface area contributed by atoms with Crippen LogP contribution < -0.4 is 0 Å². The Morgan fingerprint density at radius 1 is 0.846 bits per heavy atom. The Bertz CT molecular complexity index is 309. The van der Waals surface area contributed by atoms with Crippen molar-refractivity contribution in [2.75, 3.05) is 0 Å². The van der Waals surface area contributed by atoms with E-state index < -0.39 is 22.0 Å². The average Bonchev–Trinajstić information content (AvgIpc) is 2.15. The first-order chi connectivity index (χ1) is 6.31. The molecule has 0 aromatic rings. The average molecular weight is 216 g/mol. The highest BCUT2D eigenvalue weighted by Gasteiger charge is 2.34. The normalized spacial score (nSPS) is 37.5. The van der Waals surface area contributed by atoms with E-state index in [1.807, 2.05) is 36.5 Å². The van der Waals surface area contributed by atoms with E-state index in [9.17, 15) is 4.21 Å². The van der Waals surface area contributed by atoms with Crippen molar-refractivity contribution < 1.29 is 11.5 Å². The van der Waals surface area contributed by atoms with Crippen LogP contribution in [0.15, 0.2) is 47.3 Å². The Morgan fingerprint density at radius 2 is 1.31 bits per heavy atom. The van der Waals surface area contributed by atoms with Gasteiger partial charge in [-0.2, -0.15) is 4.21 Å². The van der Waals surface area contributed by atoms with Crippen LogP contribution in [0.3, 0.4) is 0 Å². The highest BCUT2D eigenvalue weighted by molar-refractivity contribution is 8.39. The van der Waals surface area contributed by atoms with Crippen molar-refractivity contribution >= 4 is 22.0 Å². The lowest BCUT2D eigenvalue weighted by Crippen LogP contribution is -2.18. The van der Waals surface area contributed by atoms with E-state index in [0.717, 1.165) is 0 Å². The van der Waals surface area contributed by atoms with Crippen molar-refractivity contribution in [3.05, 3.63) is 47.3 Å². The standard InChI is InChI=1S/C8H8O3S2/c9-12-10-13(11-12)7-5-3-1-2-4-6-8-13/h1-8H/b3-1-,4-2-,7-5-,8-6-. The fourth-order valence-electron chi connectivity index (χ4n) is 0.881. The predicted octanol–water partition coefficient (Wildman–Crippen LogP) is 2.40. The molecule has 2 heterocycles. The van der Waals surface area contributed by atoms with E-state index in [0.29, 0.717) is 0 Å². The molecule has 5 heteroatoms. The van der Waals surface area contributed by atoms with Gasteiger partial charge in [0.25, 0.3) is 0 Å². The molecule has 0 bridgehead atoms. The summed E-state index contributed by atoms with van der Waals surface area (Å²) in [6.45, 7) is 0. The molecule has 2 rings (SSSR count). The zero-order valence-corrected chi connectivity index (χ0v) is 8.29. The van der Waals surface area contributed by atoms with Gasteiger partial charge < -0.3 is 0 Å². The molecule has 0 N–H and O–H groups in total. The van der Waals surface area contributed by atoms with Crippen molar-refractivity contribution in [3.63, 3.8) is 0 Å². The third-order valence-electron chi connectivity index (χ3n) is 1.42. The van der Waals surface area contributed by atoms with Crippen LogP contribution in [0.4, 0.5) is 0 Å². The summed E-state index contributed by atoms with van der Waals surface area (Å²) < 4.78 is 20.7. The summed E-state index contributed by atoms with van der Waals surface area (Å²) in [5, 5.41) is 3.57. The zero-order chi connectivity index (χ0) is 9.15. The fourth-order valence-corrected chi connectivity index (χ4v) is 3.75. The molecule has 70 valence electrons. The molecule has 0 aromatic carbocycles. The minimum atomic E-state index is -1.79. The second kappa shape index (κ2) is 3.63. The Kier molecular flexibility index (Phi) is 2.50. The van der Waals surface area contributed by atoms with Gasteiger partial charge >= 0.3 is 11.4 Å². The van der Waals surface area contributed by atoms with Crippen LogP contribution in [0.25, 0.3) is 0 Å². The second-order valence-electron chi connectivity index (χ2n) is 2.36. The van der Waals surface area contributed by atoms with Gasteiger partial charge in [-0.1, -0.05) is 24.3 Å². The predicted molar refractivity (Wildman–Crippen MR) is 54.5 cm³/mol. The highest BCUT2D eigenvalue weighted by Crippen LogP contribution is 2.62. The summed E-state index contributed by atoms with van der Waals surface area (Å²) in [5.74, 6) is 0. The van der Waals surface area contributed by atoms with E-state index in [2.05, 4.69) is 0 Å². The first-order valence-corrected chi connectivity index (χ1v) is 6.25. The molecule has 2 aliphatic rings. The first kappa shape index (κ1) is 8.96. The van der Waals surface area contributed by atoms with Crippen LogP contribution in [0, 0.1) is 0 Å². The summed E-state index contributed by atoms with van der Waals surface area (Å²) in [5.41, 5.74) is 0. The van der Waals surface area contributed by atoms with E-state index in [4.69, 9.17) is 7.26 Å². The quantitative estimate of drug-likeness (QED) is 0.623. The van der Waals surface area contributed by atoms with Gasteiger partial charge in [0.2, 0.25) is 0 Å². The number of hydrogen-bond donors (Lipinski definition) is 0. The first-order valence-electron chi connectivity index (χ1n) is 3.64. The van der Waals surface area contributed by atoms with E-state index >= 15 is 0 Å². The Balaban J connectivity index is 2.23. The van der Waals surface area contributed by atoms with E-state index in [-0.39, 0.29) is 0 Å². The van der Waals surface area contributed by atoms with Crippen LogP contribution in [0.1, 0.15) is 0 Å². The molecule has 13 heavy (non-hydrogen) atoms. The Hall–Kier alpha value is -0.620. The maximum atomic E-state index is 10.6. The van der Waals surface area contributed by atoms with Gasteiger partial charge in [0.05, 0.1) is 0 Å². The molecule has 3 nitrogen and oxygen atoms in total. The molecular formula is C8H8O3S2. The third-order valence-corrected chi connectivity index (χ3v) is 5.08. The second-order valence-corrected chi connectivity index (χ2v) is 5.58. The van der Waals surface area contributed by atoms with E-state index in [1.165, 1.54) is 0 Å². The van der Waals surface area contributed by atoms with Gasteiger partial charge in [0.1, 0.15) is 0 Å². The molecule has 1 spiro atoms. The molecule has 2 aliphatic heterocycles. The summed E-state index contributed by atoms with van der Waals surface area (Å²) in [6, 6.07) is 0. The molecule has 0 aromatic heterocycles. The minimum Gasteiger partial charge on any atom is -0.194 e. The maximum Gasteiger partial charge on any atom is 0.346 e. The molecule has 0 atom stereocenters.